The highest BCUT2D eigenvalue weighted by molar-refractivity contribution is 6.02. The largest absolute Gasteiger partial charge is 0.465 e. The standard InChI is InChI=1S/C13H18F3NO4/c1-12(2,13(14,15)16)11(20)21-7-3-4-9(18)8-5-6-17-10(8)19/h8H,3-7H2,1-2H3,(H,17,19)/t8-/m0/s1. The van der Waals surface area contributed by atoms with E-state index in [0.717, 1.165) is 13.8 Å². The van der Waals surface area contributed by atoms with Crippen molar-refractivity contribution in [3.63, 3.8) is 0 Å². The van der Waals surface area contributed by atoms with Gasteiger partial charge in [0.05, 0.1) is 12.5 Å². The van der Waals surface area contributed by atoms with Gasteiger partial charge in [-0.15, -0.1) is 0 Å². The smallest absolute Gasteiger partial charge is 0.404 e. The molecule has 1 heterocycles. The zero-order valence-corrected chi connectivity index (χ0v) is 11.9. The van der Waals surface area contributed by atoms with Crippen molar-refractivity contribution >= 4 is 17.7 Å². The van der Waals surface area contributed by atoms with Crippen molar-refractivity contribution in [2.24, 2.45) is 11.3 Å². The minimum absolute atomic E-state index is 0.00217. The van der Waals surface area contributed by atoms with Crippen LogP contribution in [0, 0.1) is 11.3 Å². The molecular weight excluding hydrogens is 291 g/mol. The second kappa shape index (κ2) is 6.44. The second-order valence-corrected chi connectivity index (χ2v) is 5.46. The van der Waals surface area contributed by atoms with Crippen LogP contribution in [0.15, 0.2) is 0 Å². The highest BCUT2D eigenvalue weighted by Gasteiger charge is 2.54. The number of hydrogen-bond acceptors (Lipinski definition) is 4. The number of esters is 1. The lowest BCUT2D eigenvalue weighted by atomic mass is 9.93. The fourth-order valence-electron chi connectivity index (χ4n) is 1.78. The molecule has 0 radical (unpaired) electrons. The first-order valence-corrected chi connectivity index (χ1v) is 6.61. The number of hydrogen-bond donors (Lipinski definition) is 1. The average Bonchev–Trinajstić information content (AvgIpc) is 2.79. The maximum atomic E-state index is 12.6. The van der Waals surface area contributed by atoms with Gasteiger partial charge in [-0.2, -0.15) is 13.2 Å². The fourth-order valence-corrected chi connectivity index (χ4v) is 1.78. The van der Waals surface area contributed by atoms with Gasteiger partial charge < -0.3 is 10.1 Å². The molecule has 0 bridgehead atoms. The van der Waals surface area contributed by atoms with E-state index in [0.29, 0.717) is 13.0 Å². The van der Waals surface area contributed by atoms with Crippen molar-refractivity contribution in [1.82, 2.24) is 5.32 Å². The molecule has 0 saturated carbocycles. The van der Waals surface area contributed by atoms with E-state index >= 15 is 0 Å². The number of halogens is 3. The highest BCUT2D eigenvalue weighted by Crippen LogP contribution is 2.38. The number of ether oxygens (including phenoxy) is 1. The predicted molar refractivity (Wildman–Crippen MR) is 66.2 cm³/mol. The Kier molecular flexibility index (Phi) is 5.36. The number of carbonyl (C=O) groups is 3. The quantitative estimate of drug-likeness (QED) is 0.459. The molecule has 1 aliphatic rings. The number of carbonyl (C=O) groups excluding carboxylic acids is 3. The van der Waals surface area contributed by atoms with Crippen molar-refractivity contribution in [2.45, 2.75) is 39.3 Å². The van der Waals surface area contributed by atoms with Gasteiger partial charge in [-0.3, -0.25) is 14.4 Å². The molecule has 0 aromatic carbocycles. The van der Waals surface area contributed by atoms with Crippen LogP contribution in [0.3, 0.4) is 0 Å². The molecule has 1 amide bonds. The van der Waals surface area contributed by atoms with Gasteiger partial charge in [0.25, 0.3) is 0 Å². The minimum atomic E-state index is -4.69. The molecule has 1 atom stereocenters. The highest BCUT2D eigenvalue weighted by atomic mass is 19.4. The molecule has 120 valence electrons. The zero-order chi connectivity index (χ0) is 16.3. The molecule has 1 saturated heterocycles. The Morgan fingerprint density at radius 2 is 1.95 bits per heavy atom. The fraction of sp³-hybridized carbons (Fsp3) is 0.769. The van der Waals surface area contributed by atoms with E-state index in [9.17, 15) is 27.6 Å². The van der Waals surface area contributed by atoms with E-state index in [-0.39, 0.29) is 31.1 Å². The first-order chi connectivity index (χ1) is 9.57. The van der Waals surface area contributed by atoms with Crippen molar-refractivity contribution in [3.05, 3.63) is 0 Å². The van der Waals surface area contributed by atoms with Crippen molar-refractivity contribution in [3.8, 4) is 0 Å². The molecule has 0 aliphatic carbocycles. The summed E-state index contributed by atoms with van der Waals surface area (Å²) < 4.78 is 42.3. The van der Waals surface area contributed by atoms with Crippen LogP contribution in [0.1, 0.15) is 33.1 Å². The van der Waals surface area contributed by atoms with Gasteiger partial charge in [-0.05, 0) is 26.7 Å². The third kappa shape index (κ3) is 4.18. The number of nitrogens with one attached hydrogen (secondary N) is 1. The topological polar surface area (TPSA) is 72.5 Å². The van der Waals surface area contributed by atoms with E-state index < -0.39 is 23.5 Å². The van der Waals surface area contributed by atoms with Crippen LogP contribution in [0.4, 0.5) is 13.2 Å². The maximum Gasteiger partial charge on any atom is 0.404 e. The van der Waals surface area contributed by atoms with Gasteiger partial charge in [0.1, 0.15) is 5.78 Å². The van der Waals surface area contributed by atoms with Crippen molar-refractivity contribution in [1.29, 1.82) is 0 Å². The number of amides is 1. The van der Waals surface area contributed by atoms with E-state index in [1.54, 1.807) is 0 Å². The van der Waals surface area contributed by atoms with Crippen LogP contribution in [-0.4, -0.2) is 37.0 Å². The summed E-state index contributed by atoms with van der Waals surface area (Å²) in [4.78, 5) is 34.3. The zero-order valence-electron chi connectivity index (χ0n) is 11.9. The summed E-state index contributed by atoms with van der Waals surface area (Å²) in [6, 6.07) is 0. The van der Waals surface area contributed by atoms with Crippen LogP contribution >= 0.6 is 0 Å². The molecule has 1 fully saturated rings. The Labute approximate surface area is 120 Å². The lowest BCUT2D eigenvalue weighted by Gasteiger charge is -2.25. The summed E-state index contributed by atoms with van der Waals surface area (Å²) in [5.41, 5.74) is -2.58. The average molecular weight is 309 g/mol. The molecule has 5 nitrogen and oxygen atoms in total. The number of alkyl halides is 3. The number of ketones is 1. The number of Topliss-reactive ketones (excluding diaryl/α,β-unsaturated/α-hetero) is 1. The summed E-state index contributed by atoms with van der Waals surface area (Å²) in [6.07, 6.45) is -4.17. The van der Waals surface area contributed by atoms with E-state index in [1.165, 1.54) is 0 Å². The van der Waals surface area contributed by atoms with Crippen LogP contribution < -0.4 is 5.32 Å². The van der Waals surface area contributed by atoms with Gasteiger partial charge in [-0.1, -0.05) is 0 Å². The monoisotopic (exact) mass is 309 g/mol. The Balaban J connectivity index is 2.33. The summed E-state index contributed by atoms with van der Waals surface area (Å²) in [5.74, 6) is -2.67. The van der Waals surface area contributed by atoms with Gasteiger partial charge in [0.15, 0.2) is 5.41 Å². The van der Waals surface area contributed by atoms with Crippen molar-refractivity contribution in [2.75, 3.05) is 13.2 Å². The second-order valence-electron chi connectivity index (χ2n) is 5.46. The Bertz CT molecular complexity index is 432. The third-order valence-electron chi connectivity index (χ3n) is 3.46. The van der Waals surface area contributed by atoms with Crippen LogP contribution in [-0.2, 0) is 19.1 Å². The van der Waals surface area contributed by atoms with Gasteiger partial charge in [0, 0.05) is 13.0 Å². The lowest BCUT2D eigenvalue weighted by Crippen LogP contribution is -2.41. The first kappa shape index (κ1) is 17.5. The van der Waals surface area contributed by atoms with E-state index in [4.69, 9.17) is 0 Å². The maximum absolute atomic E-state index is 12.6. The Hall–Kier alpha value is -1.60. The molecule has 1 N–H and O–H groups in total. The van der Waals surface area contributed by atoms with E-state index in [1.807, 2.05) is 0 Å². The Morgan fingerprint density at radius 3 is 2.43 bits per heavy atom. The first-order valence-electron chi connectivity index (χ1n) is 6.61. The molecule has 1 rings (SSSR count). The Morgan fingerprint density at radius 1 is 1.33 bits per heavy atom. The van der Waals surface area contributed by atoms with Gasteiger partial charge >= 0.3 is 12.1 Å². The van der Waals surface area contributed by atoms with Gasteiger partial charge in [-0.25, -0.2) is 0 Å². The number of rotatable bonds is 6. The molecule has 1 aliphatic heterocycles. The lowest BCUT2D eigenvalue weighted by molar-refractivity contribution is -0.224. The molecule has 21 heavy (non-hydrogen) atoms. The molecular formula is C13H18F3NO4. The summed E-state index contributed by atoms with van der Waals surface area (Å²) in [5, 5.41) is 2.53. The summed E-state index contributed by atoms with van der Waals surface area (Å²) in [6.45, 7) is 1.65. The third-order valence-corrected chi connectivity index (χ3v) is 3.46. The summed E-state index contributed by atoms with van der Waals surface area (Å²) >= 11 is 0. The summed E-state index contributed by atoms with van der Waals surface area (Å²) in [7, 11) is 0. The molecule has 0 aromatic heterocycles. The van der Waals surface area contributed by atoms with Crippen molar-refractivity contribution < 1.29 is 32.3 Å². The molecule has 0 spiro atoms. The van der Waals surface area contributed by atoms with Crippen LogP contribution in [0.5, 0.6) is 0 Å². The van der Waals surface area contributed by atoms with E-state index in [2.05, 4.69) is 10.1 Å². The molecule has 0 aromatic rings. The predicted octanol–water partition coefficient (Wildman–Crippen LogP) is 1.60. The molecule has 8 heteroatoms. The minimum Gasteiger partial charge on any atom is -0.465 e. The SMILES string of the molecule is CC(C)(C(=O)OCCCC(=O)[C@@H]1CCNC1=O)C(F)(F)F. The van der Waals surface area contributed by atoms with Gasteiger partial charge in [0.2, 0.25) is 5.91 Å². The molecule has 0 unspecified atom stereocenters. The van der Waals surface area contributed by atoms with Crippen LogP contribution in [0.25, 0.3) is 0 Å². The van der Waals surface area contributed by atoms with Crippen LogP contribution in [0.2, 0.25) is 0 Å². The normalized spacial score (nSPS) is 19.3.